The van der Waals surface area contributed by atoms with E-state index in [4.69, 9.17) is 10.00 Å². The first kappa shape index (κ1) is 18.2. The molecular weight excluding hydrogens is 390 g/mol. The van der Waals surface area contributed by atoms with Crippen molar-refractivity contribution in [3.63, 3.8) is 0 Å². The van der Waals surface area contributed by atoms with E-state index in [-0.39, 0.29) is 11.7 Å². The van der Waals surface area contributed by atoms with Crippen molar-refractivity contribution in [2.75, 3.05) is 23.5 Å². The number of thiophene rings is 1. The fraction of sp³-hybridized carbons (Fsp3) is 0.125. The molecule has 2 N–H and O–H groups in total. The number of amides is 1. The van der Waals surface area contributed by atoms with Gasteiger partial charge in [0.1, 0.15) is 16.8 Å². The van der Waals surface area contributed by atoms with E-state index < -0.39 is 0 Å². The Kier molecular flexibility index (Phi) is 6.06. The summed E-state index contributed by atoms with van der Waals surface area (Å²) in [4.78, 5) is 12.0. The van der Waals surface area contributed by atoms with Gasteiger partial charge in [-0.05, 0) is 23.6 Å². The van der Waals surface area contributed by atoms with Crippen molar-refractivity contribution in [1.29, 1.82) is 5.26 Å². The standard InChI is InChI=1S/C16H13N5O2S3/c1-23-12-4-2-3-11(7-12)18-15-20-21-16(26-15)25-9-13(22)19-14-10(8-17)5-6-24-14/h2-7H,9H2,1H3,(H,18,20)(H,19,22). The zero-order chi connectivity index (χ0) is 18.4. The molecule has 0 spiro atoms. The van der Waals surface area contributed by atoms with Crippen LogP contribution in [-0.4, -0.2) is 29.0 Å². The quantitative estimate of drug-likeness (QED) is 0.576. The lowest BCUT2D eigenvalue weighted by Crippen LogP contribution is -2.13. The number of carbonyl (C=O) groups is 1. The third-order valence-corrected chi connectivity index (χ3v) is 5.89. The number of hydrogen-bond donors (Lipinski definition) is 2. The second-order valence-electron chi connectivity index (χ2n) is 4.84. The van der Waals surface area contributed by atoms with Crippen molar-refractivity contribution in [2.45, 2.75) is 4.34 Å². The van der Waals surface area contributed by atoms with Crippen LogP contribution in [0.25, 0.3) is 0 Å². The predicted molar refractivity (Wildman–Crippen MR) is 105 cm³/mol. The molecular formula is C16H13N5O2S3. The Morgan fingerprint density at radius 2 is 2.27 bits per heavy atom. The lowest BCUT2D eigenvalue weighted by molar-refractivity contribution is -0.113. The molecule has 1 aromatic carbocycles. The van der Waals surface area contributed by atoms with Crippen LogP contribution in [0.1, 0.15) is 5.56 Å². The molecule has 0 radical (unpaired) electrons. The summed E-state index contributed by atoms with van der Waals surface area (Å²) in [6.45, 7) is 0. The zero-order valence-corrected chi connectivity index (χ0v) is 16.0. The van der Waals surface area contributed by atoms with E-state index in [2.05, 4.69) is 20.8 Å². The summed E-state index contributed by atoms with van der Waals surface area (Å²) in [7, 11) is 1.61. The van der Waals surface area contributed by atoms with Gasteiger partial charge in [0.15, 0.2) is 4.34 Å². The van der Waals surface area contributed by atoms with E-state index in [0.29, 0.717) is 20.0 Å². The highest BCUT2D eigenvalue weighted by atomic mass is 32.2. The Morgan fingerprint density at radius 3 is 3.08 bits per heavy atom. The number of hydrogen-bond acceptors (Lipinski definition) is 9. The van der Waals surface area contributed by atoms with Crippen LogP contribution >= 0.6 is 34.4 Å². The first-order valence-corrected chi connectivity index (χ1v) is 10.0. The van der Waals surface area contributed by atoms with Crippen molar-refractivity contribution in [3.8, 4) is 11.8 Å². The third-order valence-electron chi connectivity index (χ3n) is 3.09. The Bertz CT molecular complexity index is 947. The predicted octanol–water partition coefficient (Wildman–Crippen LogP) is 3.95. The highest BCUT2D eigenvalue weighted by molar-refractivity contribution is 8.01. The SMILES string of the molecule is COc1cccc(Nc2nnc(SCC(=O)Nc3sccc3C#N)s2)c1. The number of rotatable bonds is 7. The summed E-state index contributed by atoms with van der Waals surface area (Å²) in [5.74, 6) is 0.749. The monoisotopic (exact) mass is 403 g/mol. The number of ether oxygens (including phenoxy) is 1. The molecule has 3 rings (SSSR count). The zero-order valence-electron chi connectivity index (χ0n) is 13.6. The molecule has 26 heavy (non-hydrogen) atoms. The van der Waals surface area contributed by atoms with Crippen molar-refractivity contribution < 1.29 is 9.53 Å². The molecule has 132 valence electrons. The Balaban J connectivity index is 1.53. The third kappa shape index (κ3) is 4.72. The van der Waals surface area contributed by atoms with Crippen LogP contribution in [0.15, 0.2) is 40.1 Å². The van der Waals surface area contributed by atoms with Crippen LogP contribution in [0.5, 0.6) is 5.75 Å². The van der Waals surface area contributed by atoms with E-state index >= 15 is 0 Å². The summed E-state index contributed by atoms with van der Waals surface area (Å²) in [5, 5.41) is 25.9. The molecule has 0 aliphatic heterocycles. The van der Waals surface area contributed by atoms with E-state index in [1.165, 1.54) is 34.4 Å². The number of nitrogens with one attached hydrogen (secondary N) is 2. The fourth-order valence-corrected chi connectivity index (χ4v) is 4.25. The second kappa shape index (κ2) is 8.66. The number of thioether (sulfide) groups is 1. The number of carbonyl (C=O) groups excluding carboxylic acids is 1. The maximum absolute atomic E-state index is 12.0. The van der Waals surface area contributed by atoms with Gasteiger partial charge in [0.05, 0.1) is 18.4 Å². The summed E-state index contributed by atoms with van der Waals surface area (Å²) in [6, 6.07) is 11.2. The fourth-order valence-electron chi connectivity index (χ4n) is 1.93. The van der Waals surface area contributed by atoms with Gasteiger partial charge in [0, 0.05) is 11.8 Å². The Hall–Kier alpha value is -2.61. The van der Waals surface area contributed by atoms with Crippen molar-refractivity contribution in [2.24, 2.45) is 0 Å². The Morgan fingerprint density at radius 1 is 1.38 bits per heavy atom. The summed E-state index contributed by atoms with van der Waals surface area (Å²) >= 11 is 3.97. The number of aromatic nitrogens is 2. The summed E-state index contributed by atoms with van der Waals surface area (Å²) in [5.41, 5.74) is 1.31. The van der Waals surface area contributed by atoms with Crippen molar-refractivity contribution in [1.82, 2.24) is 10.2 Å². The van der Waals surface area contributed by atoms with E-state index in [1.807, 2.05) is 30.3 Å². The molecule has 2 heterocycles. The lowest BCUT2D eigenvalue weighted by Gasteiger charge is -2.04. The van der Waals surface area contributed by atoms with Gasteiger partial charge in [-0.25, -0.2) is 0 Å². The first-order chi connectivity index (χ1) is 12.7. The number of nitrogens with zero attached hydrogens (tertiary/aromatic N) is 3. The highest BCUT2D eigenvalue weighted by Crippen LogP contribution is 2.29. The first-order valence-electron chi connectivity index (χ1n) is 7.33. The minimum Gasteiger partial charge on any atom is -0.497 e. The number of benzene rings is 1. The molecule has 2 aromatic heterocycles. The molecule has 7 nitrogen and oxygen atoms in total. The number of methoxy groups -OCH3 is 1. The molecule has 0 saturated carbocycles. The van der Waals surface area contributed by atoms with Gasteiger partial charge in [0.25, 0.3) is 0 Å². The highest BCUT2D eigenvalue weighted by Gasteiger charge is 2.11. The molecule has 0 aliphatic rings. The van der Waals surface area contributed by atoms with Crippen LogP contribution in [-0.2, 0) is 4.79 Å². The molecule has 0 fully saturated rings. The topological polar surface area (TPSA) is 99.9 Å². The summed E-state index contributed by atoms with van der Waals surface area (Å²) in [6.07, 6.45) is 0. The van der Waals surface area contributed by atoms with E-state index in [0.717, 1.165) is 11.4 Å². The molecule has 0 bridgehead atoms. The van der Waals surface area contributed by atoms with Gasteiger partial charge < -0.3 is 15.4 Å². The van der Waals surface area contributed by atoms with E-state index in [1.54, 1.807) is 18.6 Å². The molecule has 0 unspecified atom stereocenters. The van der Waals surface area contributed by atoms with E-state index in [9.17, 15) is 4.79 Å². The van der Waals surface area contributed by atoms with Crippen LogP contribution in [0.4, 0.5) is 15.8 Å². The minimum atomic E-state index is -0.188. The molecule has 3 aromatic rings. The number of anilines is 3. The number of nitriles is 1. The normalized spacial score (nSPS) is 10.2. The van der Waals surface area contributed by atoms with Crippen LogP contribution < -0.4 is 15.4 Å². The maximum Gasteiger partial charge on any atom is 0.235 e. The van der Waals surface area contributed by atoms with Crippen molar-refractivity contribution in [3.05, 3.63) is 41.3 Å². The van der Waals surface area contributed by atoms with Gasteiger partial charge in [-0.1, -0.05) is 29.2 Å². The van der Waals surface area contributed by atoms with Gasteiger partial charge in [-0.15, -0.1) is 21.5 Å². The molecule has 0 atom stereocenters. The smallest absolute Gasteiger partial charge is 0.235 e. The second-order valence-corrected chi connectivity index (χ2v) is 7.96. The van der Waals surface area contributed by atoms with Gasteiger partial charge in [-0.3, -0.25) is 4.79 Å². The van der Waals surface area contributed by atoms with Crippen LogP contribution in [0.3, 0.4) is 0 Å². The van der Waals surface area contributed by atoms with Gasteiger partial charge >= 0.3 is 0 Å². The maximum atomic E-state index is 12.0. The molecule has 1 amide bonds. The molecule has 10 heteroatoms. The van der Waals surface area contributed by atoms with Crippen LogP contribution in [0, 0.1) is 11.3 Å². The minimum absolute atomic E-state index is 0.188. The lowest BCUT2D eigenvalue weighted by atomic mass is 10.3. The van der Waals surface area contributed by atoms with Gasteiger partial charge in [0.2, 0.25) is 11.0 Å². The molecule has 0 saturated heterocycles. The summed E-state index contributed by atoms with van der Waals surface area (Å²) < 4.78 is 5.86. The molecule has 0 aliphatic carbocycles. The van der Waals surface area contributed by atoms with Crippen LogP contribution in [0.2, 0.25) is 0 Å². The van der Waals surface area contributed by atoms with Gasteiger partial charge in [-0.2, -0.15) is 5.26 Å². The average molecular weight is 404 g/mol. The average Bonchev–Trinajstić information content (AvgIpc) is 3.29. The van der Waals surface area contributed by atoms with Crippen molar-refractivity contribution >= 4 is 56.2 Å². The largest absolute Gasteiger partial charge is 0.497 e. The Labute approximate surface area is 162 Å².